The number of nitrogens with zero attached hydrogens (tertiary/aromatic N) is 2. The van der Waals surface area contributed by atoms with Crippen molar-refractivity contribution in [3.8, 4) is 17.4 Å². The van der Waals surface area contributed by atoms with Crippen LogP contribution < -0.4 is 14.2 Å². The van der Waals surface area contributed by atoms with Crippen LogP contribution in [0.3, 0.4) is 0 Å². The van der Waals surface area contributed by atoms with Gasteiger partial charge in [-0.15, -0.1) is 0 Å². The molecule has 2 aromatic carbocycles. The molecule has 1 aromatic heterocycles. The third-order valence-corrected chi connectivity index (χ3v) is 5.26. The normalized spacial score (nSPS) is 14.9. The minimum absolute atomic E-state index is 0.259. The average Bonchev–Trinajstić information content (AvgIpc) is 3.18. The van der Waals surface area contributed by atoms with E-state index in [0.29, 0.717) is 25.4 Å². The fourth-order valence-electron chi connectivity index (χ4n) is 3.72. The van der Waals surface area contributed by atoms with Gasteiger partial charge >= 0.3 is 6.09 Å². The SMILES string of the molecule is CCc1cccc2cc3c(nc12)OC(=O)N(CCc1ccc2c(c1)OCO2)C3. The summed E-state index contributed by atoms with van der Waals surface area (Å²) < 4.78 is 16.3. The zero-order valence-electron chi connectivity index (χ0n) is 15.6. The van der Waals surface area contributed by atoms with E-state index in [2.05, 4.69) is 30.1 Å². The van der Waals surface area contributed by atoms with E-state index in [-0.39, 0.29) is 12.9 Å². The number of benzene rings is 2. The summed E-state index contributed by atoms with van der Waals surface area (Å²) in [5, 5.41) is 1.08. The lowest BCUT2D eigenvalue weighted by molar-refractivity contribution is 0.137. The van der Waals surface area contributed by atoms with E-state index in [1.165, 1.54) is 0 Å². The second kappa shape index (κ2) is 6.71. The van der Waals surface area contributed by atoms with Crippen molar-refractivity contribution in [3.63, 3.8) is 0 Å². The van der Waals surface area contributed by atoms with Gasteiger partial charge in [0.05, 0.1) is 12.1 Å². The summed E-state index contributed by atoms with van der Waals surface area (Å²) in [7, 11) is 0. The highest BCUT2D eigenvalue weighted by Crippen LogP contribution is 2.33. The van der Waals surface area contributed by atoms with Crippen LogP contribution in [-0.2, 0) is 19.4 Å². The van der Waals surface area contributed by atoms with E-state index in [0.717, 1.165) is 45.5 Å². The molecule has 28 heavy (non-hydrogen) atoms. The third kappa shape index (κ3) is 2.91. The van der Waals surface area contributed by atoms with Gasteiger partial charge in [-0.2, -0.15) is 0 Å². The summed E-state index contributed by atoms with van der Waals surface area (Å²) in [5.74, 6) is 1.95. The number of hydrogen-bond donors (Lipinski definition) is 0. The van der Waals surface area contributed by atoms with Crippen molar-refractivity contribution >= 4 is 17.0 Å². The number of para-hydroxylation sites is 1. The maximum atomic E-state index is 12.5. The number of aryl methyl sites for hydroxylation is 1. The molecule has 2 aliphatic heterocycles. The van der Waals surface area contributed by atoms with Gasteiger partial charge in [0, 0.05) is 17.5 Å². The largest absolute Gasteiger partial charge is 0.454 e. The quantitative estimate of drug-likeness (QED) is 0.687. The molecular weight excluding hydrogens is 356 g/mol. The van der Waals surface area contributed by atoms with Crippen molar-refractivity contribution in [2.45, 2.75) is 26.3 Å². The van der Waals surface area contributed by atoms with E-state index in [4.69, 9.17) is 14.2 Å². The molecule has 0 atom stereocenters. The van der Waals surface area contributed by atoms with E-state index in [1.54, 1.807) is 4.90 Å². The first-order chi connectivity index (χ1) is 13.7. The molecule has 0 unspecified atom stereocenters. The van der Waals surface area contributed by atoms with E-state index < -0.39 is 0 Å². The molecular formula is C22H20N2O4. The summed E-state index contributed by atoms with van der Waals surface area (Å²) in [6.07, 6.45) is 1.25. The van der Waals surface area contributed by atoms with Gasteiger partial charge in [-0.05, 0) is 42.2 Å². The predicted molar refractivity (Wildman–Crippen MR) is 104 cm³/mol. The van der Waals surface area contributed by atoms with Gasteiger partial charge in [0.2, 0.25) is 12.7 Å². The molecule has 6 heteroatoms. The number of amides is 1. The van der Waals surface area contributed by atoms with Crippen LogP contribution >= 0.6 is 0 Å². The number of carbonyl (C=O) groups is 1. The van der Waals surface area contributed by atoms with Crippen molar-refractivity contribution in [2.24, 2.45) is 0 Å². The topological polar surface area (TPSA) is 60.9 Å². The summed E-state index contributed by atoms with van der Waals surface area (Å²) in [6.45, 7) is 3.41. The summed E-state index contributed by atoms with van der Waals surface area (Å²) >= 11 is 0. The molecule has 6 nitrogen and oxygen atoms in total. The molecule has 0 fully saturated rings. The molecule has 1 amide bonds. The Morgan fingerprint density at radius 2 is 2.00 bits per heavy atom. The van der Waals surface area contributed by atoms with E-state index in [1.807, 2.05) is 24.3 Å². The van der Waals surface area contributed by atoms with Crippen molar-refractivity contribution in [1.29, 1.82) is 0 Å². The number of carbonyl (C=O) groups excluding carboxylic acids is 1. The zero-order chi connectivity index (χ0) is 19.1. The summed E-state index contributed by atoms with van der Waals surface area (Å²) in [4.78, 5) is 18.8. The Hall–Kier alpha value is -3.28. The lowest BCUT2D eigenvalue weighted by Crippen LogP contribution is -2.38. The molecule has 142 valence electrons. The van der Waals surface area contributed by atoms with Crippen molar-refractivity contribution in [2.75, 3.05) is 13.3 Å². The van der Waals surface area contributed by atoms with Gasteiger partial charge in [0.1, 0.15) is 0 Å². The van der Waals surface area contributed by atoms with Crippen LogP contribution in [0.4, 0.5) is 4.79 Å². The molecule has 0 N–H and O–H groups in total. The second-order valence-corrected chi connectivity index (χ2v) is 7.02. The second-order valence-electron chi connectivity index (χ2n) is 7.02. The highest BCUT2D eigenvalue weighted by Gasteiger charge is 2.26. The van der Waals surface area contributed by atoms with Crippen LogP contribution in [0.2, 0.25) is 0 Å². The number of fused-ring (bicyclic) bond motifs is 3. The Bertz CT molecular complexity index is 1080. The summed E-state index contributed by atoms with van der Waals surface area (Å²) in [6, 6.07) is 14.1. The number of pyridine rings is 1. The number of aromatic nitrogens is 1. The molecule has 2 aliphatic rings. The monoisotopic (exact) mass is 376 g/mol. The maximum Gasteiger partial charge on any atom is 0.416 e. The molecule has 3 aromatic rings. The minimum atomic E-state index is -0.353. The lowest BCUT2D eigenvalue weighted by atomic mass is 10.1. The maximum absolute atomic E-state index is 12.5. The fraction of sp³-hybridized carbons (Fsp3) is 0.273. The molecule has 0 saturated carbocycles. The van der Waals surface area contributed by atoms with Gasteiger partial charge in [-0.25, -0.2) is 9.78 Å². The predicted octanol–water partition coefficient (Wildman–Crippen LogP) is 4.08. The fourth-order valence-corrected chi connectivity index (χ4v) is 3.72. The van der Waals surface area contributed by atoms with Crippen LogP contribution in [0.1, 0.15) is 23.6 Å². The number of ether oxygens (including phenoxy) is 3. The van der Waals surface area contributed by atoms with Gasteiger partial charge in [0.15, 0.2) is 11.5 Å². The molecule has 0 spiro atoms. The van der Waals surface area contributed by atoms with Crippen LogP contribution in [0.25, 0.3) is 10.9 Å². The smallest absolute Gasteiger partial charge is 0.416 e. The molecule has 0 bridgehead atoms. The Morgan fingerprint density at radius 3 is 2.89 bits per heavy atom. The highest BCUT2D eigenvalue weighted by molar-refractivity contribution is 5.84. The lowest BCUT2D eigenvalue weighted by Gasteiger charge is -2.27. The highest BCUT2D eigenvalue weighted by atomic mass is 16.7. The Morgan fingerprint density at radius 1 is 1.11 bits per heavy atom. The van der Waals surface area contributed by atoms with Gasteiger partial charge in [-0.3, -0.25) is 0 Å². The van der Waals surface area contributed by atoms with Crippen LogP contribution in [0.5, 0.6) is 17.4 Å². The molecule has 0 aliphatic carbocycles. The third-order valence-electron chi connectivity index (χ3n) is 5.26. The van der Waals surface area contributed by atoms with Crippen molar-refractivity contribution < 1.29 is 19.0 Å². The Labute approximate surface area is 162 Å². The molecule has 5 rings (SSSR count). The van der Waals surface area contributed by atoms with Crippen molar-refractivity contribution in [1.82, 2.24) is 9.88 Å². The van der Waals surface area contributed by atoms with E-state index >= 15 is 0 Å². The van der Waals surface area contributed by atoms with Gasteiger partial charge < -0.3 is 19.1 Å². The Balaban J connectivity index is 1.36. The van der Waals surface area contributed by atoms with E-state index in [9.17, 15) is 4.79 Å². The van der Waals surface area contributed by atoms with Crippen LogP contribution in [0, 0.1) is 0 Å². The number of hydrogen-bond acceptors (Lipinski definition) is 5. The molecule has 3 heterocycles. The first-order valence-electron chi connectivity index (χ1n) is 9.48. The first-order valence-corrected chi connectivity index (χ1v) is 9.48. The minimum Gasteiger partial charge on any atom is -0.454 e. The van der Waals surface area contributed by atoms with Crippen LogP contribution in [-0.4, -0.2) is 29.3 Å². The van der Waals surface area contributed by atoms with Gasteiger partial charge in [-0.1, -0.05) is 31.2 Å². The molecule has 0 saturated heterocycles. The molecule has 0 radical (unpaired) electrons. The van der Waals surface area contributed by atoms with Gasteiger partial charge in [0.25, 0.3) is 0 Å². The Kier molecular flexibility index (Phi) is 4.04. The number of rotatable bonds is 4. The van der Waals surface area contributed by atoms with Crippen molar-refractivity contribution in [3.05, 3.63) is 59.2 Å². The standard InChI is InChI=1S/C22H20N2O4/c1-2-15-4-3-5-16-11-17-12-24(22(25)28-21(17)23-20(15)16)9-8-14-6-7-18-19(10-14)27-13-26-18/h3-7,10-11H,2,8-9,12-13H2,1H3. The first kappa shape index (κ1) is 16.9. The summed E-state index contributed by atoms with van der Waals surface area (Å²) in [5.41, 5.74) is 4.09. The van der Waals surface area contributed by atoms with Crippen LogP contribution in [0.15, 0.2) is 42.5 Å². The zero-order valence-corrected chi connectivity index (χ0v) is 15.6. The average molecular weight is 376 g/mol.